The van der Waals surface area contributed by atoms with Crippen LogP contribution >= 0.6 is 0 Å². The molecule has 1 aromatic heterocycles. The molecule has 0 fully saturated rings. The smallest absolute Gasteiger partial charge is 0.315 e. The van der Waals surface area contributed by atoms with E-state index in [1.54, 1.807) is 6.08 Å². The highest BCUT2D eigenvalue weighted by atomic mass is 16.2. The zero-order valence-corrected chi connectivity index (χ0v) is 11.9. The van der Waals surface area contributed by atoms with Crippen LogP contribution in [-0.2, 0) is 6.54 Å². The maximum Gasteiger partial charge on any atom is 0.315 e. The number of carbonyl (C=O) groups excluding carboxylic acids is 1. The number of nitrogens with zero attached hydrogens (tertiary/aromatic N) is 3. The number of amides is 2. The Morgan fingerprint density at radius 3 is 2.79 bits per heavy atom. The highest BCUT2D eigenvalue weighted by Crippen LogP contribution is 2.07. The maximum atomic E-state index is 11.6. The summed E-state index contributed by atoms with van der Waals surface area (Å²) in [4.78, 5) is 22.0. The summed E-state index contributed by atoms with van der Waals surface area (Å²) in [6.07, 6.45) is 1.67. The molecule has 104 valence electrons. The fourth-order valence-corrected chi connectivity index (χ4v) is 1.39. The van der Waals surface area contributed by atoms with Crippen LogP contribution in [0.3, 0.4) is 0 Å². The number of urea groups is 1. The molecule has 1 atom stereocenters. The van der Waals surface area contributed by atoms with Crippen molar-refractivity contribution in [1.82, 2.24) is 20.6 Å². The molecule has 0 aliphatic rings. The zero-order chi connectivity index (χ0) is 14.4. The summed E-state index contributed by atoms with van der Waals surface area (Å²) in [5.74, 6) is 0.636. The number of aryl methyl sites for hydroxylation is 1. The van der Waals surface area contributed by atoms with Gasteiger partial charge in [-0.3, -0.25) is 0 Å². The van der Waals surface area contributed by atoms with E-state index in [-0.39, 0.29) is 12.1 Å². The van der Waals surface area contributed by atoms with E-state index in [2.05, 4.69) is 27.2 Å². The minimum atomic E-state index is -0.241. The molecule has 0 aliphatic carbocycles. The first-order chi connectivity index (χ1) is 8.92. The van der Waals surface area contributed by atoms with Gasteiger partial charge in [0.25, 0.3) is 0 Å². The van der Waals surface area contributed by atoms with Crippen LogP contribution < -0.4 is 15.5 Å². The first-order valence-electron chi connectivity index (χ1n) is 6.11. The van der Waals surface area contributed by atoms with Crippen LogP contribution in [0.5, 0.6) is 0 Å². The second kappa shape index (κ2) is 6.72. The Kier molecular flexibility index (Phi) is 5.29. The minimum Gasteiger partial charge on any atom is -0.347 e. The third-order valence-corrected chi connectivity index (χ3v) is 2.44. The van der Waals surface area contributed by atoms with Gasteiger partial charge in [-0.15, -0.1) is 6.58 Å². The van der Waals surface area contributed by atoms with E-state index < -0.39 is 0 Å². The molecule has 0 bridgehead atoms. The summed E-state index contributed by atoms with van der Waals surface area (Å²) in [7, 11) is 3.76. The molecule has 2 N–H and O–H groups in total. The standard InChI is InChI=1S/C13H21N5O/c1-6-9(2)16-13(19)14-8-11-7-10(3)15-12(17-11)18(4)5/h6-7,9H,1,8H2,2-5H3,(H2,14,16,19). The van der Waals surface area contributed by atoms with Crippen molar-refractivity contribution < 1.29 is 4.79 Å². The highest BCUT2D eigenvalue weighted by Gasteiger charge is 2.07. The molecule has 6 heteroatoms. The third kappa shape index (κ3) is 4.95. The molecule has 1 aromatic rings. The molecule has 6 nitrogen and oxygen atoms in total. The molecule has 1 rings (SSSR count). The van der Waals surface area contributed by atoms with Gasteiger partial charge in [0, 0.05) is 25.8 Å². The van der Waals surface area contributed by atoms with E-state index in [0.29, 0.717) is 12.5 Å². The molecule has 0 saturated carbocycles. The molecule has 0 saturated heterocycles. The Balaban J connectivity index is 2.62. The molecule has 0 aliphatic heterocycles. The van der Waals surface area contributed by atoms with Gasteiger partial charge >= 0.3 is 6.03 Å². The summed E-state index contributed by atoms with van der Waals surface area (Å²) in [5.41, 5.74) is 1.65. The highest BCUT2D eigenvalue weighted by molar-refractivity contribution is 5.74. The molecule has 0 spiro atoms. The van der Waals surface area contributed by atoms with Crippen molar-refractivity contribution in [3.05, 3.63) is 30.1 Å². The van der Waals surface area contributed by atoms with Crippen LogP contribution in [0.25, 0.3) is 0 Å². The van der Waals surface area contributed by atoms with Gasteiger partial charge in [-0.1, -0.05) is 6.08 Å². The number of rotatable bonds is 5. The van der Waals surface area contributed by atoms with Crippen LogP contribution in [0.15, 0.2) is 18.7 Å². The van der Waals surface area contributed by atoms with Crippen molar-refractivity contribution in [1.29, 1.82) is 0 Å². The second-order valence-corrected chi connectivity index (χ2v) is 4.55. The monoisotopic (exact) mass is 263 g/mol. The van der Waals surface area contributed by atoms with Crippen molar-refractivity contribution in [2.45, 2.75) is 26.4 Å². The summed E-state index contributed by atoms with van der Waals surface area (Å²) in [6.45, 7) is 7.72. The van der Waals surface area contributed by atoms with Crippen LogP contribution in [0.1, 0.15) is 18.3 Å². The number of anilines is 1. The lowest BCUT2D eigenvalue weighted by Crippen LogP contribution is -2.39. The quantitative estimate of drug-likeness (QED) is 0.784. The third-order valence-electron chi connectivity index (χ3n) is 2.44. The fraction of sp³-hybridized carbons (Fsp3) is 0.462. The predicted octanol–water partition coefficient (Wildman–Crippen LogP) is 1.22. The first-order valence-corrected chi connectivity index (χ1v) is 6.11. The molecular weight excluding hydrogens is 242 g/mol. The van der Waals surface area contributed by atoms with Gasteiger partial charge in [-0.2, -0.15) is 0 Å². The van der Waals surface area contributed by atoms with Crippen molar-refractivity contribution >= 4 is 12.0 Å². The van der Waals surface area contributed by atoms with Crippen LogP contribution in [0, 0.1) is 6.92 Å². The number of aromatic nitrogens is 2. The molecular formula is C13H21N5O. The van der Waals surface area contributed by atoms with Gasteiger partial charge in [0.05, 0.1) is 12.2 Å². The lowest BCUT2D eigenvalue weighted by molar-refractivity contribution is 0.239. The normalized spacial score (nSPS) is 11.6. The summed E-state index contributed by atoms with van der Waals surface area (Å²) >= 11 is 0. The lowest BCUT2D eigenvalue weighted by Gasteiger charge is -2.13. The second-order valence-electron chi connectivity index (χ2n) is 4.55. The van der Waals surface area contributed by atoms with Gasteiger partial charge in [-0.25, -0.2) is 14.8 Å². The summed E-state index contributed by atoms with van der Waals surface area (Å²) < 4.78 is 0. The molecule has 0 aromatic carbocycles. The average Bonchev–Trinajstić information content (AvgIpc) is 2.35. The molecule has 2 amide bonds. The van der Waals surface area contributed by atoms with Crippen molar-refractivity contribution in [2.24, 2.45) is 0 Å². The van der Waals surface area contributed by atoms with Crippen LogP contribution in [0.2, 0.25) is 0 Å². The minimum absolute atomic E-state index is 0.0653. The Hall–Kier alpha value is -2.11. The van der Waals surface area contributed by atoms with E-state index in [0.717, 1.165) is 11.4 Å². The first kappa shape index (κ1) is 14.9. The Labute approximate surface area is 113 Å². The largest absolute Gasteiger partial charge is 0.347 e. The Morgan fingerprint density at radius 2 is 2.21 bits per heavy atom. The fourth-order valence-electron chi connectivity index (χ4n) is 1.39. The summed E-state index contributed by atoms with van der Waals surface area (Å²) in [5, 5.41) is 5.48. The number of hydrogen-bond acceptors (Lipinski definition) is 4. The average molecular weight is 263 g/mol. The van der Waals surface area contributed by atoms with Gasteiger partial charge in [0.2, 0.25) is 5.95 Å². The number of hydrogen-bond donors (Lipinski definition) is 2. The van der Waals surface area contributed by atoms with Gasteiger partial charge in [0.1, 0.15) is 0 Å². The topological polar surface area (TPSA) is 70.2 Å². The maximum absolute atomic E-state index is 11.6. The Bertz CT molecular complexity index is 458. The van der Waals surface area contributed by atoms with E-state index in [1.165, 1.54) is 0 Å². The Morgan fingerprint density at radius 1 is 1.53 bits per heavy atom. The molecule has 1 heterocycles. The SMILES string of the molecule is C=CC(C)NC(=O)NCc1cc(C)nc(N(C)C)n1. The van der Waals surface area contributed by atoms with Crippen molar-refractivity contribution in [3.63, 3.8) is 0 Å². The van der Waals surface area contributed by atoms with Crippen LogP contribution in [0.4, 0.5) is 10.7 Å². The van der Waals surface area contributed by atoms with E-state index in [1.807, 2.05) is 38.9 Å². The van der Waals surface area contributed by atoms with Crippen molar-refractivity contribution in [3.8, 4) is 0 Å². The van der Waals surface area contributed by atoms with Gasteiger partial charge in [-0.05, 0) is 19.9 Å². The lowest BCUT2D eigenvalue weighted by atomic mass is 10.3. The summed E-state index contributed by atoms with van der Waals surface area (Å²) in [6, 6.07) is 1.55. The predicted molar refractivity (Wildman–Crippen MR) is 76.1 cm³/mol. The van der Waals surface area contributed by atoms with Gasteiger partial charge in [0.15, 0.2) is 0 Å². The molecule has 1 unspecified atom stereocenters. The number of carbonyl (C=O) groups is 1. The number of nitrogens with one attached hydrogen (secondary N) is 2. The van der Waals surface area contributed by atoms with E-state index in [4.69, 9.17) is 0 Å². The van der Waals surface area contributed by atoms with E-state index in [9.17, 15) is 4.79 Å². The van der Waals surface area contributed by atoms with Crippen molar-refractivity contribution in [2.75, 3.05) is 19.0 Å². The molecule has 0 radical (unpaired) electrons. The van der Waals surface area contributed by atoms with E-state index >= 15 is 0 Å². The van der Waals surface area contributed by atoms with Gasteiger partial charge < -0.3 is 15.5 Å². The van der Waals surface area contributed by atoms with Crippen LogP contribution in [-0.4, -0.2) is 36.1 Å². The zero-order valence-electron chi connectivity index (χ0n) is 11.9. The molecule has 19 heavy (non-hydrogen) atoms.